The van der Waals surface area contributed by atoms with E-state index in [4.69, 9.17) is 14.7 Å². The molecule has 2 aromatic heterocycles. The molecule has 0 unspecified atom stereocenters. The van der Waals surface area contributed by atoms with Crippen molar-refractivity contribution in [3.05, 3.63) is 48.2 Å². The van der Waals surface area contributed by atoms with Crippen LogP contribution >= 0.6 is 0 Å². The molecule has 7 heteroatoms. The zero-order chi connectivity index (χ0) is 19.6. The second kappa shape index (κ2) is 7.91. The topological polar surface area (TPSA) is 67.3 Å². The first-order valence-corrected chi connectivity index (χ1v) is 10.4. The minimum Gasteiger partial charge on any atom is -0.381 e. The van der Waals surface area contributed by atoms with Crippen LogP contribution in [0.2, 0.25) is 0 Å². The highest BCUT2D eigenvalue weighted by Gasteiger charge is 2.23. The molecule has 0 aliphatic carbocycles. The number of hydrogen-bond acceptors (Lipinski definition) is 7. The zero-order valence-corrected chi connectivity index (χ0v) is 16.8. The van der Waals surface area contributed by atoms with Crippen molar-refractivity contribution in [1.82, 2.24) is 19.9 Å². The van der Waals surface area contributed by atoms with Crippen LogP contribution in [-0.2, 0) is 4.74 Å². The molecule has 2 fully saturated rings. The van der Waals surface area contributed by atoms with E-state index in [0.717, 1.165) is 80.6 Å². The van der Waals surface area contributed by atoms with Crippen LogP contribution in [0.15, 0.2) is 36.7 Å². The van der Waals surface area contributed by atoms with Crippen LogP contribution in [0, 0.1) is 6.92 Å². The predicted octanol–water partition coefficient (Wildman–Crippen LogP) is 2.95. The second-order valence-electron chi connectivity index (χ2n) is 7.77. The quantitative estimate of drug-likeness (QED) is 0.681. The van der Waals surface area contributed by atoms with Gasteiger partial charge in [0.05, 0.1) is 5.52 Å². The smallest absolute Gasteiger partial charge is 0.140 e. The van der Waals surface area contributed by atoms with Crippen LogP contribution in [0.4, 0.5) is 11.6 Å². The fourth-order valence-electron chi connectivity index (χ4n) is 4.33. The van der Waals surface area contributed by atoms with Crippen LogP contribution in [0.1, 0.15) is 30.3 Å². The maximum absolute atomic E-state index is 5.51. The summed E-state index contributed by atoms with van der Waals surface area (Å²) in [5.74, 6) is 3.41. The Hall–Kier alpha value is -2.80. The molecule has 29 heavy (non-hydrogen) atoms. The molecule has 2 aliphatic rings. The molecule has 0 radical (unpaired) electrons. The molecule has 4 heterocycles. The number of benzene rings is 1. The van der Waals surface area contributed by atoms with Gasteiger partial charge in [-0.15, -0.1) is 0 Å². The van der Waals surface area contributed by atoms with Gasteiger partial charge in [-0.25, -0.2) is 19.9 Å². The van der Waals surface area contributed by atoms with Crippen LogP contribution in [0.3, 0.4) is 0 Å². The van der Waals surface area contributed by atoms with Gasteiger partial charge in [-0.05, 0) is 31.9 Å². The average molecular weight is 390 g/mol. The molecule has 0 bridgehead atoms. The monoisotopic (exact) mass is 390 g/mol. The molecule has 0 spiro atoms. The van der Waals surface area contributed by atoms with Gasteiger partial charge >= 0.3 is 0 Å². The van der Waals surface area contributed by atoms with Crippen LogP contribution in [0.25, 0.3) is 10.9 Å². The van der Waals surface area contributed by atoms with E-state index in [1.165, 1.54) is 5.69 Å². The Balaban J connectivity index is 1.33. The number of rotatable bonds is 3. The van der Waals surface area contributed by atoms with E-state index in [-0.39, 0.29) is 0 Å². The third-order valence-electron chi connectivity index (χ3n) is 5.91. The molecule has 0 amide bonds. The van der Waals surface area contributed by atoms with Crippen molar-refractivity contribution in [1.29, 1.82) is 0 Å². The van der Waals surface area contributed by atoms with Gasteiger partial charge in [0.15, 0.2) is 0 Å². The van der Waals surface area contributed by atoms with Gasteiger partial charge in [0.1, 0.15) is 23.8 Å². The van der Waals surface area contributed by atoms with E-state index in [1.807, 2.05) is 25.1 Å². The molecule has 0 saturated carbocycles. The number of hydrogen-bond donors (Lipinski definition) is 0. The lowest BCUT2D eigenvalue weighted by molar-refractivity contribution is 0.0844. The lowest BCUT2D eigenvalue weighted by Gasteiger charge is -2.36. The molecule has 0 atom stereocenters. The fourth-order valence-corrected chi connectivity index (χ4v) is 4.33. The summed E-state index contributed by atoms with van der Waals surface area (Å²) in [4.78, 5) is 23.2. The Kier molecular flexibility index (Phi) is 4.97. The van der Waals surface area contributed by atoms with E-state index < -0.39 is 0 Å². The molecule has 1 aromatic carbocycles. The molecule has 3 aromatic rings. The van der Waals surface area contributed by atoms with E-state index >= 15 is 0 Å². The number of piperazine rings is 1. The van der Waals surface area contributed by atoms with Crippen molar-refractivity contribution in [2.45, 2.75) is 25.7 Å². The number of fused-ring (bicyclic) bond motifs is 1. The first kappa shape index (κ1) is 18.2. The van der Waals surface area contributed by atoms with Crippen molar-refractivity contribution in [3.8, 4) is 0 Å². The van der Waals surface area contributed by atoms with E-state index in [2.05, 4.69) is 31.9 Å². The maximum atomic E-state index is 5.51. The summed E-state index contributed by atoms with van der Waals surface area (Å²) in [5, 5.41) is 1.11. The maximum Gasteiger partial charge on any atom is 0.140 e. The summed E-state index contributed by atoms with van der Waals surface area (Å²) < 4.78 is 5.51. The summed E-state index contributed by atoms with van der Waals surface area (Å²) in [6, 6.07) is 10.4. The molecule has 2 aliphatic heterocycles. The molecule has 0 N–H and O–H groups in total. The third kappa shape index (κ3) is 3.74. The lowest BCUT2D eigenvalue weighted by Crippen LogP contribution is -2.47. The summed E-state index contributed by atoms with van der Waals surface area (Å²) in [5.41, 5.74) is 2.16. The van der Waals surface area contributed by atoms with Crippen LogP contribution in [-0.4, -0.2) is 59.3 Å². The van der Waals surface area contributed by atoms with Crippen molar-refractivity contribution in [2.75, 3.05) is 49.2 Å². The summed E-state index contributed by atoms with van der Waals surface area (Å²) in [7, 11) is 0. The van der Waals surface area contributed by atoms with E-state index in [0.29, 0.717) is 5.92 Å². The van der Waals surface area contributed by atoms with Crippen LogP contribution in [0.5, 0.6) is 0 Å². The Morgan fingerprint density at radius 1 is 0.931 bits per heavy atom. The standard InChI is InChI=1S/C22H26N6O/c1-16-25-20(17-6-12-29-13-7-17)14-21(26-16)27-8-10-28(11-9-27)22-18-4-2-3-5-19(18)23-15-24-22/h2-5,14-15,17H,6-13H2,1H3. The highest BCUT2D eigenvalue weighted by Crippen LogP contribution is 2.29. The van der Waals surface area contributed by atoms with Gasteiger partial charge in [-0.3, -0.25) is 0 Å². The summed E-state index contributed by atoms with van der Waals surface area (Å²) in [6.45, 7) is 7.32. The number of nitrogens with zero attached hydrogens (tertiary/aromatic N) is 6. The predicted molar refractivity (Wildman–Crippen MR) is 114 cm³/mol. The minimum absolute atomic E-state index is 0.484. The number of para-hydroxylation sites is 1. The molecule has 2 saturated heterocycles. The van der Waals surface area contributed by atoms with Gasteiger partial charge in [-0.1, -0.05) is 12.1 Å². The lowest BCUT2D eigenvalue weighted by atomic mass is 9.96. The highest BCUT2D eigenvalue weighted by molar-refractivity contribution is 5.89. The first-order valence-electron chi connectivity index (χ1n) is 10.4. The molecule has 150 valence electrons. The fraction of sp³-hybridized carbons (Fsp3) is 0.455. The normalized spacial score (nSPS) is 18.4. The molecular weight excluding hydrogens is 364 g/mol. The Morgan fingerprint density at radius 3 is 2.52 bits per heavy atom. The number of anilines is 2. The Bertz CT molecular complexity index is 990. The van der Waals surface area contributed by atoms with Gasteiger partial charge in [0, 0.05) is 62.5 Å². The Morgan fingerprint density at radius 2 is 1.69 bits per heavy atom. The van der Waals surface area contributed by atoms with Crippen LogP contribution < -0.4 is 9.80 Å². The molecule has 7 nitrogen and oxygen atoms in total. The van der Waals surface area contributed by atoms with Gasteiger partial charge in [-0.2, -0.15) is 0 Å². The number of ether oxygens (including phenoxy) is 1. The van der Waals surface area contributed by atoms with E-state index in [9.17, 15) is 0 Å². The SMILES string of the molecule is Cc1nc(C2CCOCC2)cc(N2CCN(c3ncnc4ccccc34)CC2)n1. The average Bonchev–Trinajstić information content (AvgIpc) is 2.79. The zero-order valence-electron chi connectivity index (χ0n) is 16.8. The number of aromatic nitrogens is 4. The summed E-state index contributed by atoms with van der Waals surface area (Å²) >= 11 is 0. The minimum atomic E-state index is 0.484. The first-order chi connectivity index (χ1) is 14.3. The second-order valence-corrected chi connectivity index (χ2v) is 7.77. The van der Waals surface area contributed by atoms with Crippen molar-refractivity contribution in [2.24, 2.45) is 0 Å². The summed E-state index contributed by atoms with van der Waals surface area (Å²) in [6.07, 6.45) is 3.76. The van der Waals surface area contributed by atoms with Gasteiger partial charge in [0.2, 0.25) is 0 Å². The van der Waals surface area contributed by atoms with Crippen molar-refractivity contribution < 1.29 is 4.74 Å². The van der Waals surface area contributed by atoms with Gasteiger partial charge < -0.3 is 14.5 Å². The van der Waals surface area contributed by atoms with Crippen molar-refractivity contribution >= 4 is 22.5 Å². The van der Waals surface area contributed by atoms with Gasteiger partial charge in [0.25, 0.3) is 0 Å². The molecule has 5 rings (SSSR count). The molecular formula is C22H26N6O. The Labute approximate surface area is 170 Å². The highest BCUT2D eigenvalue weighted by atomic mass is 16.5. The largest absolute Gasteiger partial charge is 0.381 e. The third-order valence-corrected chi connectivity index (χ3v) is 5.91. The van der Waals surface area contributed by atoms with E-state index in [1.54, 1.807) is 6.33 Å². The number of aryl methyl sites for hydroxylation is 1. The van der Waals surface area contributed by atoms with Crippen molar-refractivity contribution in [3.63, 3.8) is 0 Å².